The zero-order valence-electron chi connectivity index (χ0n) is 9.90. The summed E-state index contributed by atoms with van der Waals surface area (Å²) in [7, 11) is -3.42. The van der Waals surface area contributed by atoms with Crippen molar-refractivity contribution in [3.05, 3.63) is 0 Å². The van der Waals surface area contributed by atoms with Crippen LogP contribution in [0.25, 0.3) is 0 Å². The third-order valence-corrected chi connectivity index (χ3v) is 4.79. The molecule has 1 N–H and O–H groups in total. The fourth-order valence-electron chi connectivity index (χ4n) is 2.08. The van der Waals surface area contributed by atoms with Gasteiger partial charge in [-0.05, 0) is 32.4 Å². The van der Waals surface area contributed by atoms with Gasteiger partial charge in [0.05, 0.1) is 11.8 Å². The molecule has 94 valence electrons. The lowest BCUT2D eigenvalue weighted by Gasteiger charge is -2.33. The van der Waals surface area contributed by atoms with Crippen LogP contribution in [0.4, 0.5) is 0 Å². The van der Waals surface area contributed by atoms with Crippen molar-refractivity contribution in [2.75, 3.05) is 18.8 Å². The topological polar surface area (TPSA) is 66.5 Å². The first kappa shape index (κ1) is 13.4. The molecule has 0 unspecified atom stereocenters. The molecule has 16 heavy (non-hydrogen) atoms. The zero-order chi connectivity index (χ0) is 12.2. The average Bonchev–Trinajstić information content (AvgIpc) is 2.17. The Hall–Kier alpha value is -0.620. The van der Waals surface area contributed by atoms with E-state index in [0.29, 0.717) is 19.3 Å². The standard InChI is InChI=1S/C10H20N2O3S/c1-3-8-16(14,15)12(9(2)13)10-4-6-11-7-5-10/h10-11H,3-8H2,1-2H3. The van der Waals surface area contributed by atoms with E-state index < -0.39 is 10.0 Å². The fourth-order valence-corrected chi connectivity index (χ4v) is 3.85. The van der Waals surface area contributed by atoms with Crippen LogP contribution in [0.5, 0.6) is 0 Å². The first-order valence-corrected chi connectivity index (χ1v) is 7.33. The van der Waals surface area contributed by atoms with Crippen LogP contribution in [-0.4, -0.2) is 43.5 Å². The van der Waals surface area contributed by atoms with E-state index in [-0.39, 0.29) is 17.7 Å². The summed E-state index contributed by atoms with van der Waals surface area (Å²) in [6, 6.07) is -0.157. The number of hydrogen-bond acceptors (Lipinski definition) is 4. The number of piperidine rings is 1. The van der Waals surface area contributed by atoms with Gasteiger partial charge in [0.1, 0.15) is 0 Å². The van der Waals surface area contributed by atoms with Crippen molar-refractivity contribution in [2.45, 2.75) is 39.2 Å². The number of rotatable bonds is 4. The normalized spacial score (nSPS) is 18.4. The summed E-state index contributed by atoms with van der Waals surface area (Å²) in [6.07, 6.45) is 1.96. The number of carbonyl (C=O) groups excluding carboxylic acids is 1. The third-order valence-electron chi connectivity index (χ3n) is 2.71. The van der Waals surface area contributed by atoms with Crippen LogP contribution in [0.1, 0.15) is 33.1 Å². The van der Waals surface area contributed by atoms with E-state index in [2.05, 4.69) is 5.32 Å². The molecule has 0 spiro atoms. The van der Waals surface area contributed by atoms with Gasteiger partial charge < -0.3 is 5.32 Å². The SMILES string of the molecule is CCCS(=O)(=O)N(C(C)=O)C1CCNCC1. The van der Waals surface area contributed by atoms with Crippen LogP contribution >= 0.6 is 0 Å². The molecule has 1 heterocycles. The van der Waals surface area contributed by atoms with Crippen molar-refractivity contribution >= 4 is 15.9 Å². The summed E-state index contributed by atoms with van der Waals surface area (Å²) in [4.78, 5) is 11.5. The van der Waals surface area contributed by atoms with Gasteiger partial charge in [0, 0.05) is 6.92 Å². The minimum Gasteiger partial charge on any atom is -0.317 e. The molecule has 0 bridgehead atoms. The monoisotopic (exact) mass is 248 g/mol. The maximum absolute atomic E-state index is 12.0. The van der Waals surface area contributed by atoms with Crippen LogP contribution in [0.3, 0.4) is 0 Å². The lowest BCUT2D eigenvalue weighted by atomic mass is 10.1. The van der Waals surface area contributed by atoms with Crippen LogP contribution in [0.15, 0.2) is 0 Å². The summed E-state index contributed by atoms with van der Waals surface area (Å²) < 4.78 is 25.0. The summed E-state index contributed by atoms with van der Waals surface area (Å²) in [6.45, 7) is 4.68. The van der Waals surface area contributed by atoms with Crippen LogP contribution < -0.4 is 5.32 Å². The lowest BCUT2D eigenvalue weighted by Crippen LogP contribution is -2.48. The Labute approximate surface area is 97.2 Å². The van der Waals surface area contributed by atoms with Crippen molar-refractivity contribution in [2.24, 2.45) is 0 Å². The maximum Gasteiger partial charge on any atom is 0.237 e. The van der Waals surface area contributed by atoms with E-state index in [1.54, 1.807) is 6.92 Å². The van der Waals surface area contributed by atoms with Crippen LogP contribution in [-0.2, 0) is 14.8 Å². The van der Waals surface area contributed by atoms with Gasteiger partial charge in [0.2, 0.25) is 15.9 Å². The zero-order valence-corrected chi connectivity index (χ0v) is 10.7. The molecule has 0 aromatic heterocycles. The molecule has 6 heteroatoms. The molecule has 1 rings (SSSR count). The first-order valence-electron chi connectivity index (χ1n) is 5.72. The van der Waals surface area contributed by atoms with Gasteiger partial charge in [0.25, 0.3) is 0 Å². The van der Waals surface area contributed by atoms with Gasteiger partial charge in [-0.25, -0.2) is 12.7 Å². The quantitative estimate of drug-likeness (QED) is 0.778. The molecule has 5 nitrogen and oxygen atoms in total. The predicted molar refractivity (Wildman–Crippen MR) is 62.5 cm³/mol. The number of nitrogens with zero attached hydrogens (tertiary/aromatic N) is 1. The molecule has 1 aliphatic heterocycles. The van der Waals surface area contributed by atoms with E-state index in [0.717, 1.165) is 17.4 Å². The van der Waals surface area contributed by atoms with Crippen LogP contribution in [0.2, 0.25) is 0 Å². The Kier molecular flexibility index (Phi) is 4.73. The highest BCUT2D eigenvalue weighted by Crippen LogP contribution is 2.17. The summed E-state index contributed by atoms with van der Waals surface area (Å²) >= 11 is 0. The highest BCUT2D eigenvalue weighted by atomic mass is 32.2. The van der Waals surface area contributed by atoms with Crippen molar-refractivity contribution in [1.82, 2.24) is 9.62 Å². The Morgan fingerprint density at radius 2 is 1.94 bits per heavy atom. The van der Waals surface area contributed by atoms with Gasteiger partial charge in [-0.1, -0.05) is 6.92 Å². The van der Waals surface area contributed by atoms with E-state index >= 15 is 0 Å². The number of hydrogen-bond donors (Lipinski definition) is 1. The second-order valence-corrected chi connectivity index (χ2v) is 6.08. The minimum atomic E-state index is -3.42. The van der Waals surface area contributed by atoms with Gasteiger partial charge >= 0.3 is 0 Å². The maximum atomic E-state index is 12.0. The van der Waals surface area contributed by atoms with Gasteiger partial charge in [-0.3, -0.25) is 4.79 Å². The highest BCUT2D eigenvalue weighted by Gasteiger charge is 2.32. The van der Waals surface area contributed by atoms with Crippen molar-refractivity contribution < 1.29 is 13.2 Å². The van der Waals surface area contributed by atoms with E-state index in [1.807, 2.05) is 0 Å². The summed E-state index contributed by atoms with van der Waals surface area (Å²) in [5.41, 5.74) is 0. The summed E-state index contributed by atoms with van der Waals surface area (Å²) in [5, 5.41) is 3.16. The molecule has 0 radical (unpaired) electrons. The smallest absolute Gasteiger partial charge is 0.237 e. The molecule has 0 aromatic carbocycles. The number of carbonyl (C=O) groups is 1. The molecule has 0 aliphatic carbocycles. The number of nitrogens with one attached hydrogen (secondary N) is 1. The second kappa shape index (κ2) is 5.63. The van der Waals surface area contributed by atoms with Crippen molar-refractivity contribution in [1.29, 1.82) is 0 Å². The lowest BCUT2D eigenvalue weighted by molar-refractivity contribution is -0.126. The first-order chi connectivity index (χ1) is 7.49. The largest absolute Gasteiger partial charge is 0.317 e. The predicted octanol–water partition coefficient (Wildman–Crippen LogP) is 0.327. The average molecular weight is 248 g/mol. The van der Waals surface area contributed by atoms with E-state index in [4.69, 9.17) is 0 Å². The van der Waals surface area contributed by atoms with Crippen molar-refractivity contribution in [3.63, 3.8) is 0 Å². The Bertz CT molecular complexity index is 334. The molecule has 1 amide bonds. The minimum absolute atomic E-state index is 0.0521. The van der Waals surface area contributed by atoms with Crippen LogP contribution in [0, 0.1) is 0 Å². The third kappa shape index (κ3) is 3.18. The molecule has 0 saturated carbocycles. The highest BCUT2D eigenvalue weighted by molar-refractivity contribution is 7.89. The second-order valence-electron chi connectivity index (χ2n) is 4.11. The molecular formula is C10H20N2O3S. The Morgan fingerprint density at radius 3 is 2.38 bits per heavy atom. The molecule has 1 aliphatic rings. The van der Waals surface area contributed by atoms with Gasteiger partial charge in [-0.15, -0.1) is 0 Å². The molecular weight excluding hydrogens is 228 g/mol. The number of amides is 1. The van der Waals surface area contributed by atoms with Crippen molar-refractivity contribution in [3.8, 4) is 0 Å². The Morgan fingerprint density at radius 1 is 1.38 bits per heavy atom. The number of sulfonamides is 1. The Balaban J connectivity index is 2.85. The molecule has 1 saturated heterocycles. The molecule has 0 aromatic rings. The van der Waals surface area contributed by atoms with E-state index in [9.17, 15) is 13.2 Å². The summed E-state index contributed by atoms with van der Waals surface area (Å²) in [5.74, 6) is -0.309. The molecule has 0 atom stereocenters. The van der Waals surface area contributed by atoms with E-state index in [1.165, 1.54) is 6.92 Å². The van der Waals surface area contributed by atoms with Gasteiger partial charge in [-0.2, -0.15) is 0 Å². The fraction of sp³-hybridized carbons (Fsp3) is 0.900. The molecule has 1 fully saturated rings. The van der Waals surface area contributed by atoms with Gasteiger partial charge in [0.15, 0.2) is 0 Å².